The van der Waals surface area contributed by atoms with Crippen LogP contribution in [0.15, 0.2) is 39.8 Å². The van der Waals surface area contributed by atoms with Crippen LogP contribution in [0.25, 0.3) is 11.6 Å². The van der Waals surface area contributed by atoms with Gasteiger partial charge in [0.25, 0.3) is 0 Å². The van der Waals surface area contributed by atoms with E-state index in [0.717, 1.165) is 11.8 Å². The Bertz CT molecular complexity index is 630. The van der Waals surface area contributed by atoms with Crippen molar-refractivity contribution in [1.82, 2.24) is 0 Å². The van der Waals surface area contributed by atoms with Crippen LogP contribution in [0.2, 0.25) is 0 Å². The molecule has 0 bridgehead atoms. The number of hydrogen-bond donors (Lipinski definition) is 0. The van der Waals surface area contributed by atoms with Crippen LogP contribution in [0, 0.1) is 0 Å². The van der Waals surface area contributed by atoms with E-state index < -0.39 is 11.6 Å². The van der Waals surface area contributed by atoms with E-state index in [1.807, 2.05) is 19.1 Å². The molecule has 1 aliphatic rings. The Balaban J connectivity index is 2.63. The number of ether oxygens (including phenoxy) is 1. The fourth-order valence-electron chi connectivity index (χ4n) is 1.79. The standard InChI is InChI=1S/C14H12O4/c1-3-4-5-9-6-7-10-11(13(15)17-2)8-18-14(16)12(9)10/h3-8H,1-2H3/b4-3-,9-5-. The average Bonchev–Trinajstić information content (AvgIpc) is 2.81. The predicted octanol–water partition coefficient (Wildman–Crippen LogP) is 2.41. The number of fused-ring (bicyclic) bond motifs is 1. The van der Waals surface area contributed by atoms with Gasteiger partial charge in [-0.15, -0.1) is 0 Å². The molecule has 1 aromatic heterocycles. The lowest BCUT2D eigenvalue weighted by Gasteiger charge is -2.04. The topological polar surface area (TPSA) is 56.5 Å². The second-order valence-corrected chi connectivity index (χ2v) is 3.70. The lowest BCUT2D eigenvalue weighted by Crippen LogP contribution is -2.12. The summed E-state index contributed by atoms with van der Waals surface area (Å²) in [5, 5.41) is 0. The van der Waals surface area contributed by atoms with Crippen LogP contribution in [0.5, 0.6) is 0 Å². The number of allylic oxidation sites excluding steroid dienone is 5. The minimum atomic E-state index is -0.521. The van der Waals surface area contributed by atoms with Crippen LogP contribution < -0.4 is 5.63 Å². The molecule has 0 aromatic carbocycles. The van der Waals surface area contributed by atoms with E-state index in [1.165, 1.54) is 7.11 Å². The van der Waals surface area contributed by atoms with Gasteiger partial charge in [0.05, 0.1) is 12.7 Å². The second kappa shape index (κ2) is 4.87. The Labute approximate surface area is 104 Å². The zero-order chi connectivity index (χ0) is 13.1. The molecule has 0 saturated heterocycles. The fraction of sp³-hybridized carbons (Fsp3) is 0.143. The molecule has 0 radical (unpaired) electrons. The normalized spacial score (nSPS) is 15.3. The van der Waals surface area contributed by atoms with Crippen molar-refractivity contribution in [2.75, 3.05) is 7.11 Å². The van der Waals surface area contributed by atoms with Gasteiger partial charge in [-0.2, -0.15) is 0 Å². The van der Waals surface area contributed by atoms with Gasteiger partial charge in [-0.1, -0.05) is 30.4 Å². The number of rotatable bonds is 2. The third-order valence-electron chi connectivity index (χ3n) is 2.64. The van der Waals surface area contributed by atoms with Crippen LogP contribution in [-0.4, -0.2) is 13.1 Å². The quantitative estimate of drug-likeness (QED) is 0.749. The van der Waals surface area contributed by atoms with Gasteiger partial charge in [0, 0.05) is 5.56 Å². The minimum Gasteiger partial charge on any atom is -0.465 e. The zero-order valence-electron chi connectivity index (χ0n) is 10.1. The molecule has 0 unspecified atom stereocenters. The van der Waals surface area contributed by atoms with Gasteiger partial charge in [-0.25, -0.2) is 9.59 Å². The van der Waals surface area contributed by atoms with Gasteiger partial charge < -0.3 is 9.15 Å². The fourth-order valence-corrected chi connectivity index (χ4v) is 1.79. The van der Waals surface area contributed by atoms with Gasteiger partial charge in [0.1, 0.15) is 11.8 Å². The highest BCUT2D eigenvalue weighted by atomic mass is 16.5. The summed E-state index contributed by atoms with van der Waals surface area (Å²) in [6.07, 6.45) is 10.1. The largest absolute Gasteiger partial charge is 0.465 e. The van der Waals surface area contributed by atoms with E-state index in [-0.39, 0.29) is 5.56 Å². The Kier molecular flexibility index (Phi) is 3.28. The monoisotopic (exact) mass is 244 g/mol. The minimum absolute atomic E-state index is 0.257. The molecule has 0 amide bonds. The van der Waals surface area contributed by atoms with Crippen molar-refractivity contribution in [3.63, 3.8) is 0 Å². The molecule has 0 N–H and O–H groups in total. The lowest BCUT2D eigenvalue weighted by atomic mass is 10.1. The van der Waals surface area contributed by atoms with E-state index in [2.05, 4.69) is 4.74 Å². The molecule has 0 fully saturated rings. The molecule has 4 heteroatoms. The van der Waals surface area contributed by atoms with Crippen molar-refractivity contribution in [2.45, 2.75) is 6.92 Å². The Morgan fingerprint density at radius 3 is 2.83 bits per heavy atom. The second-order valence-electron chi connectivity index (χ2n) is 3.70. The summed E-state index contributed by atoms with van der Waals surface area (Å²) in [6.45, 7) is 1.88. The molecule has 1 heterocycles. The zero-order valence-corrected chi connectivity index (χ0v) is 10.1. The van der Waals surface area contributed by atoms with E-state index in [9.17, 15) is 9.59 Å². The summed E-state index contributed by atoms with van der Waals surface area (Å²) >= 11 is 0. The summed E-state index contributed by atoms with van der Waals surface area (Å²) in [7, 11) is 1.29. The first-order chi connectivity index (χ1) is 8.69. The molecule has 0 aliphatic heterocycles. The van der Waals surface area contributed by atoms with Crippen LogP contribution in [0.4, 0.5) is 0 Å². The highest BCUT2D eigenvalue weighted by molar-refractivity contribution is 6.00. The molecule has 0 saturated carbocycles. The molecule has 4 nitrogen and oxygen atoms in total. The molecular formula is C14H12O4. The first-order valence-corrected chi connectivity index (χ1v) is 5.44. The summed E-state index contributed by atoms with van der Waals surface area (Å²) < 4.78 is 9.52. The molecule has 92 valence electrons. The van der Waals surface area contributed by atoms with E-state index in [1.54, 1.807) is 18.2 Å². The van der Waals surface area contributed by atoms with Crippen LogP contribution >= 0.6 is 0 Å². The highest BCUT2D eigenvalue weighted by Crippen LogP contribution is 2.29. The van der Waals surface area contributed by atoms with Gasteiger partial charge in [-0.3, -0.25) is 0 Å². The predicted molar refractivity (Wildman–Crippen MR) is 68.1 cm³/mol. The average molecular weight is 244 g/mol. The molecule has 1 aliphatic carbocycles. The number of carbonyl (C=O) groups excluding carboxylic acids is 1. The Morgan fingerprint density at radius 2 is 2.17 bits per heavy atom. The molecular weight excluding hydrogens is 232 g/mol. The maximum Gasteiger partial charge on any atom is 0.344 e. The van der Waals surface area contributed by atoms with Crippen molar-refractivity contribution in [3.8, 4) is 0 Å². The van der Waals surface area contributed by atoms with E-state index >= 15 is 0 Å². The van der Waals surface area contributed by atoms with Crippen LogP contribution in [0.1, 0.15) is 28.4 Å². The van der Waals surface area contributed by atoms with Gasteiger partial charge in [0.2, 0.25) is 0 Å². The lowest BCUT2D eigenvalue weighted by molar-refractivity contribution is 0.0597. The van der Waals surface area contributed by atoms with E-state index in [0.29, 0.717) is 11.1 Å². The highest BCUT2D eigenvalue weighted by Gasteiger charge is 2.23. The third kappa shape index (κ3) is 1.93. The third-order valence-corrected chi connectivity index (χ3v) is 2.64. The molecule has 1 aromatic rings. The van der Waals surface area contributed by atoms with Gasteiger partial charge >= 0.3 is 11.6 Å². The number of carbonyl (C=O) groups is 1. The van der Waals surface area contributed by atoms with Crippen molar-refractivity contribution in [2.24, 2.45) is 0 Å². The first-order valence-electron chi connectivity index (χ1n) is 5.44. The van der Waals surface area contributed by atoms with Gasteiger partial charge in [-0.05, 0) is 12.5 Å². The van der Waals surface area contributed by atoms with Crippen molar-refractivity contribution in [3.05, 3.63) is 57.7 Å². The first kappa shape index (κ1) is 12.1. The summed E-state index contributed by atoms with van der Waals surface area (Å²) in [5.41, 5.74) is 1.47. The number of esters is 1. The smallest absolute Gasteiger partial charge is 0.344 e. The van der Waals surface area contributed by atoms with Gasteiger partial charge in [0.15, 0.2) is 0 Å². The van der Waals surface area contributed by atoms with Crippen molar-refractivity contribution in [1.29, 1.82) is 0 Å². The molecule has 18 heavy (non-hydrogen) atoms. The van der Waals surface area contributed by atoms with Crippen molar-refractivity contribution >= 4 is 17.6 Å². The molecule has 0 spiro atoms. The summed E-state index contributed by atoms with van der Waals surface area (Å²) in [5.74, 6) is -0.521. The number of methoxy groups -OCH3 is 1. The maximum atomic E-state index is 11.7. The van der Waals surface area contributed by atoms with Crippen molar-refractivity contribution < 1.29 is 13.9 Å². The number of hydrogen-bond acceptors (Lipinski definition) is 4. The summed E-state index contributed by atoms with van der Waals surface area (Å²) in [6, 6.07) is 0. The SMILES string of the molecule is C/C=C\C=C1\C=Cc2c(C(=O)OC)coc(=O)c21. The van der Waals surface area contributed by atoms with E-state index in [4.69, 9.17) is 4.42 Å². The Morgan fingerprint density at radius 1 is 1.39 bits per heavy atom. The molecule has 0 atom stereocenters. The maximum absolute atomic E-state index is 11.7. The molecule has 2 rings (SSSR count). The van der Waals surface area contributed by atoms with Crippen LogP contribution in [0.3, 0.4) is 0 Å². The van der Waals surface area contributed by atoms with Crippen LogP contribution in [-0.2, 0) is 4.74 Å². The summed E-state index contributed by atoms with van der Waals surface area (Å²) in [4.78, 5) is 23.3. The Hall–Kier alpha value is -2.36.